The zero-order chi connectivity index (χ0) is 28.8. The van der Waals surface area contributed by atoms with Crippen LogP contribution in [0.5, 0.6) is 11.8 Å². The lowest BCUT2D eigenvalue weighted by Gasteiger charge is -2.31. The Balaban J connectivity index is 1.39. The molecule has 9 heteroatoms. The number of phenolic OH excluding ortho intramolecular Hbond substituents is 1. The van der Waals surface area contributed by atoms with Gasteiger partial charge in [-0.25, -0.2) is 8.78 Å². The number of rotatable bonds is 5. The maximum atomic E-state index is 16.7. The topological polar surface area (TPSA) is 71.0 Å². The molecular weight excluding hydrogens is 538 g/mol. The first-order chi connectivity index (χ1) is 20.5. The summed E-state index contributed by atoms with van der Waals surface area (Å²) in [6.07, 6.45) is 10.9. The van der Waals surface area contributed by atoms with Crippen LogP contribution in [0.3, 0.4) is 0 Å². The second-order valence-corrected chi connectivity index (χ2v) is 11.5. The molecule has 216 valence electrons. The van der Waals surface area contributed by atoms with E-state index in [0.29, 0.717) is 54.9 Å². The smallest absolute Gasteiger partial charge is 0.319 e. The fraction of sp³-hybridized carbons (Fsp3) is 0.394. The van der Waals surface area contributed by atoms with Gasteiger partial charge >= 0.3 is 6.01 Å². The molecule has 0 spiro atoms. The van der Waals surface area contributed by atoms with Crippen molar-refractivity contribution in [1.82, 2.24) is 14.9 Å². The van der Waals surface area contributed by atoms with Crippen LogP contribution in [0.4, 0.5) is 14.6 Å². The molecule has 1 N–H and O–H groups in total. The van der Waals surface area contributed by atoms with Gasteiger partial charge in [0.15, 0.2) is 5.82 Å². The molecule has 0 radical (unpaired) electrons. The Hall–Kier alpha value is -4.00. The molecule has 0 bridgehead atoms. The van der Waals surface area contributed by atoms with E-state index in [0.717, 1.165) is 45.2 Å². The predicted octanol–water partition coefficient (Wildman–Crippen LogP) is 5.65. The van der Waals surface area contributed by atoms with Gasteiger partial charge in [0.1, 0.15) is 29.5 Å². The summed E-state index contributed by atoms with van der Waals surface area (Å²) >= 11 is 0. The molecule has 42 heavy (non-hydrogen) atoms. The minimum atomic E-state index is -0.618. The van der Waals surface area contributed by atoms with Crippen LogP contribution >= 0.6 is 0 Å². The summed E-state index contributed by atoms with van der Waals surface area (Å²) in [5, 5.41) is 11.9. The second kappa shape index (κ2) is 10.7. The van der Waals surface area contributed by atoms with E-state index >= 15 is 4.39 Å². The van der Waals surface area contributed by atoms with Crippen LogP contribution in [-0.2, 0) is 4.74 Å². The van der Waals surface area contributed by atoms with Crippen molar-refractivity contribution in [3.05, 3.63) is 53.6 Å². The maximum Gasteiger partial charge on any atom is 0.319 e. The van der Waals surface area contributed by atoms with Crippen molar-refractivity contribution in [2.75, 3.05) is 50.9 Å². The summed E-state index contributed by atoms with van der Waals surface area (Å²) in [6.45, 7) is 5.08. The van der Waals surface area contributed by atoms with Crippen LogP contribution in [0.2, 0.25) is 0 Å². The van der Waals surface area contributed by atoms with E-state index < -0.39 is 11.6 Å². The number of phenols is 1. The summed E-state index contributed by atoms with van der Waals surface area (Å²) < 4.78 is 43.4. The Bertz CT molecular complexity index is 1720. The Morgan fingerprint density at radius 2 is 1.81 bits per heavy atom. The number of hydrogen-bond donors (Lipinski definition) is 1. The van der Waals surface area contributed by atoms with Crippen molar-refractivity contribution in [2.45, 2.75) is 37.6 Å². The largest absolute Gasteiger partial charge is 0.508 e. The summed E-state index contributed by atoms with van der Waals surface area (Å²) in [5.74, 6) is 1.71. The van der Waals surface area contributed by atoms with E-state index in [9.17, 15) is 9.50 Å². The van der Waals surface area contributed by atoms with Gasteiger partial charge < -0.3 is 19.5 Å². The van der Waals surface area contributed by atoms with Crippen LogP contribution in [0.15, 0.2) is 36.4 Å². The van der Waals surface area contributed by atoms with Gasteiger partial charge in [-0.1, -0.05) is 18.1 Å². The number of terminal acetylenes is 1. The standard InChI is InChI=1S/C33H32F2N4O3/c1-2-23-27(34)9-6-21-18-22(40)19-26(28(21)23)24-7-8-25-30(29(24)35)36-32(37-31(25)38-12-5-16-41-17-15-38)42-20-33-10-3-13-39(33)14-4-11-33/h1,6-9,18-19,40H,3-5,10-17,20H2. The van der Waals surface area contributed by atoms with E-state index in [1.165, 1.54) is 24.3 Å². The number of fused-ring (bicyclic) bond motifs is 3. The molecule has 3 aliphatic heterocycles. The zero-order valence-electron chi connectivity index (χ0n) is 23.3. The quantitative estimate of drug-likeness (QED) is 0.311. The molecular formula is C33H32F2N4O3. The third kappa shape index (κ3) is 4.50. The van der Waals surface area contributed by atoms with E-state index in [2.05, 4.69) is 20.7 Å². The van der Waals surface area contributed by atoms with Gasteiger partial charge in [0.2, 0.25) is 0 Å². The fourth-order valence-corrected chi connectivity index (χ4v) is 7.04. The van der Waals surface area contributed by atoms with Gasteiger partial charge in [-0.15, -0.1) is 6.42 Å². The average Bonchev–Trinajstić information content (AvgIpc) is 3.45. The van der Waals surface area contributed by atoms with E-state index in [4.69, 9.17) is 20.9 Å². The highest BCUT2D eigenvalue weighted by atomic mass is 19.1. The Labute approximate surface area is 243 Å². The number of ether oxygens (including phenoxy) is 2. The highest BCUT2D eigenvalue weighted by Gasteiger charge is 2.45. The van der Waals surface area contributed by atoms with Crippen molar-refractivity contribution < 1.29 is 23.4 Å². The number of aromatic hydroxyl groups is 1. The first-order valence-corrected chi connectivity index (χ1v) is 14.6. The van der Waals surface area contributed by atoms with Gasteiger partial charge in [-0.3, -0.25) is 4.90 Å². The third-order valence-electron chi connectivity index (χ3n) is 9.06. The number of anilines is 1. The molecule has 0 saturated carbocycles. The molecule has 7 rings (SSSR count). The Morgan fingerprint density at radius 1 is 0.976 bits per heavy atom. The van der Waals surface area contributed by atoms with Gasteiger partial charge in [0.05, 0.1) is 17.7 Å². The summed E-state index contributed by atoms with van der Waals surface area (Å²) in [7, 11) is 0. The van der Waals surface area contributed by atoms with Gasteiger partial charge in [-0.05, 0) is 80.4 Å². The molecule has 3 aromatic carbocycles. The van der Waals surface area contributed by atoms with E-state index in [-0.39, 0.29) is 39.5 Å². The molecule has 7 nitrogen and oxygen atoms in total. The molecule has 3 fully saturated rings. The van der Waals surface area contributed by atoms with Gasteiger partial charge in [-0.2, -0.15) is 9.97 Å². The molecule has 3 saturated heterocycles. The van der Waals surface area contributed by atoms with Crippen LogP contribution in [-0.4, -0.2) is 71.5 Å². The van der Waals surface area contributed by atoms with E-state index in [1.807, 2.05) is 0 Å². The van der Waals surface area contributed by atoms with Gasteiger partial charge in [0, 0.05) is 36.0 Å². The lowest BCUT2D eigenvalue weighted by molar-refractivity contribution is 0.108. The molecule has 3 aliphatic rings. The number of halogens is 2. The monoisotopic (exact) mass is 570 g/mol. The first-order valence-electron chi connectivity index (χ1n) is 14.6. The summed E-state index contributed by atoms with van der Waals surface area (Å²) in [6, 6.07) is 9.19. The molecule has 4 aromatic rings. The minimum absolute atomic E-state index is 0.0101. The van der Waals surface area contributed by atoms with Crippen LogP contribution < -0.4 is 9.64 Å². The van der Waals surface area contributed by atoms with Gasteiger partial charge in [0.25, 0.3) is 0 Å². The van der Waals surface area contributed by atoms with Crippen molar-refractivity contribution in [2.24, 2.45) is 0 Å². The van der Waals surface area contributed by atoms with E-state index in [1.54, 1.807) is 12.1 Å². The molecule has 0 aliphatic carbocycles. The van der Waals surface area contributed by atoms with Crippen LogP contribution in [0.25, 0.3) is 32.8 Å². The summed E-state index contributed by atoms with van der Waals surface area (Å²) in [4.78, 5) is 14.0. The number of benzene rings is 3. The van der Waals surface area contributed by atoms with Crippen molar-refractivity contribution >= 4 is 27.5 Å². The predicted molar refractivity (Wildman–Crippen MR) is 158 cm³/mol. The normalized spacial score (nSPS) is 18.7. The SMILES string of the molecule is C#Cc1c(F)ccc2cc(O)cc(-c3ccc4c(N5CCCOCC5)nc(OCC56CCCN5CCC6)nc4c3F)c12. The molecule has 0 amide bonds. The fourth-order valence-electron chi connectivity index (χ4n) is 7.04. The Kier molecular flexibility index (Phi) is 6.83. The number of hydrogen-bond acceptors (Lipinski definition) is 7. The molecule has 4 heterocycles. The van der Waals surface area contributed by atoms with Crippen molar-refractivity contribution in [3.8, 4) is 35.2 Å². The zero-order valence-corrected chi connectivity index (χ0v) is 23.3. The highest BCUT2D eigenvalue weighted by molar-refractivity contribution is 6.04. The second-order valence-electron chi connectivity index (χ2n) is 11.5. The molecule has 0 unspecified atom stereocenters. The lowest BCUT2D eigenvalue weighted by Crippen LogP contribution is -2.43. The lowest BCUT2D eigenvalue weighted by atomic mass is 9.93. The van der Waals surface area contributed by atoms with Crippen molar-refractivity contribution in [1.29, 1.82) is 0 Å². The van der Waals surface area contributed by atoms with Crippen LogP contribution in [0.1, 0.15) is 37.7 Å². The average molecular weight is 571 g/mol. The van der Waals surface area contributed by atoms with Crippen molar-refractivity contribution in [3.63, 3.8) is 0 Å². The first kappa shape index (κ1) is 26.9. The third-order valence-corrected chi connectivity index (χ3v) is 9.06. The Morgan fingerprint density at radius 3 is 2.62 bits per heavy atom. The summed E-state index contributed by atoms with van der Waals surface area (Å²) in [5.41, 5.74) is 0.521. The minimum Gasteiger partial charge on any atom is -0.508 e. The van der Waals surface area contributed by atoms with Crippen LogP contribution in [0, 0.1) is 24.0 Å². The number of nitrogens with zero attached hydrogens (tertiary/aromatic N) is 4. The number of aromatic nitrogens is 2. The molecule has 0 atom stereocenters. The molecule has 1 aromatic heterocycles. The maximum absolute atomic E-state index is 16.7. The highest BCUT2D eigenvalue weighted by Crippen LogP contribution is 2.41.